The number of nitrogens with one attached hydrogen (secondary N) is 1. The summed E-state index contributed by atoms with van der Waals surface area (Å²) in [6.07, 6.45) is 1.80. The van der Waals surface area contributed by atoms with E-state index in [0.717, 1.165) is 29.7 Å². The van der Waals surface area contributed by atoms with Crippen molar-refractivity contribution in [2.75, 3.05) is 38.0 Å². The molecule has 214 valence electrons. The van der Waals surface area contributed by atoms with Crippen LogP contribution < -0.4 is 19.7 Å². The maximum atomic E-state index is 13.9. The number of nitrogens with zero attached hydrogens (tertiary/aromatic N) is 3. The van der Waals surface area contributed by atoms with Crippen molar-refractivity contribution in [3.63, 3.8) is 0 Å². The number of anilines is 1. The SMILES string of the molecule is CCCCNC(=O)CN1C(=O)CSC(c2ccc(OC)c(OC)c2)c2c(C(C)(C)C)nn(-c3ccc(F)cc3)c21. The molecule has 2 amide bonds. The number of rotatable bonds is 9. The average molecular weight is 569 g/mol. The number of thioether (sulfide) groups is 1. The first-order valence-electron chi connectivity index (χ1n) is 13.4. The van der Waals surface area contributed by atoms with E-state index < -0.39 is 5.41 Å². The maximum Gasteiger partial charge on any atom is 0.240 e. The maximum absolute atomic E-state index is 13.9. The Morgan fingerprint density at radius 1 is 1.12 bits per heavy atom. The minimum absolute atomic E-state index is 0.148. The molecule has 0 saturated carbocycles. The normalized spacial score (nSPS) is 15.4. The van der Waals surface area contributed by atoms with Gasteiger partial charge in [-0.15, -0.1) is 11.8 Å². The molecule has 3 aromatic rings. The summed E-state index contributed by atoms with van der Waals surface area (Å²) in [7, 11) is 3.17. The molecule has 1 N–H and O–H groups in total. The summed E-state index contributed by atoms with van der Waals surface area (Å²) < 4.78 is 26.6. The molecule has 1 unspecified atom stereocenters. The summed E-state index contributed by atoms with van der Waals surface area (Å²) in [6.45, 7) is 8.64. The van der Waals surface area contributed by atoms with Crippen molar-refractivity contribution in [3.8, 4) is 17.2 Å². The number of carbonyl (C=O) groups excluding carboxylic acids is 2. The standard InChI is InChI=1S/C30H37FN4O4S/c1-7-8-15-32-24(36)17-34-25(37)18-40-27(19-9-14-22(38-5)23(16-19)39-6)26-28(30(2,3)4)33-35(29(26)34)21-12-10-20(31)11-13-21/h9-14,16,27H,7-8,15,17-18H2,1-6H3,(H,32,36). The molecule has 1 aliphatic rings. The van der Waals surface area contributed by atoms with Crippen LogP contribution >= 0.6 is 11.8 Å². The second kappa shape index (κ2) is 12.3. The number of ether oxygens (including phenoxy) is 2. The Labute approximate surface area is 239 Å². The van der Waals surface area contributed by atoms with Crippen molar-refractivity contribution in [2.24, 2.45) is 0 Å². The van der Waals surface area contributed by atoms with Crippen LogP contribution in [-0.2, 0) is 15.0 Å². The fraction of sp³-hybridized carbons (Fsp3) is 0.433. The van der Waals surface area contributed by atoms with Gasteiger partial charge in [0.25, 0.3) is 0 Å². The molecule has 0 spiro atoms. The summed E-state index contributed by atoms with van der Waals surface area (Å²) in [6, 6.07) is 11.7. The zero-order chi connectivity index (χ0) is 29.0. The van der Waals surface area contributed by atoms with Crippen LogP contribution in [0.5, 0.6) is 11.5 Å². The summed E-state index contributed by atoms with van der Waals surface area (Å²) in [5.74, 6) is 1.02. The topological polar surface area (TPSA) is 85.7 Å². The molecule has 1 aromatic heterocycles. The number of hydrogen-bond donors (Lipinski definition) is 1. The van der Waals surface area contributed by atoms with Crippen molar-refractivity contribution < 1.29 is 23.5 Å². The van der Waals surface area contributed by atoms with Crippen molar-refractivity contribution >= 4 is 29.4 Å². The summed E-state index contributed by atoms with van der Waals surface area (Å²) in [5.41, 5.74) is 2.71. The van der Waals surface area contributed by atoms with Crippen LogP contribution in [0.1, 0.15) is 62.6 Å². The zero-order valence-electron chi connectivity index (χ0n) is 23.9. The first-order valence-corrected chi connectivity index (χ1v) is 14.4. The van der Waals surface area contributed by atoms with E-state index in [1.54, 1.807) is 31.0 Å². The molecule has 1 atom stereocenters. The Kier molecular flexibility index (Phi) is 9.08. The van der Waals surface area contributed by atoms with E-state index in [9.17, 15) is 14.0 Å². The largest absolute Gasteiger partial charge is 0.493 e. The number of hydrogen-bond acceptors (Lipinski definition) is 6. The van der Waals surface area contributed by atoms with Gasteiger partial charge in [0, 0.05) is 17.5 Å². The van der Waals surface area contributed by atoms with Gasteiger partial charge in [-0.2, -0.15) is 5.10 Å². The van der Waals surface area contributed by atoms with Gasteiger partial charge in [-0.05, 0) is 48.4 Å². The van der Waals surface area contributed by atoms with E-state index in [1.165, 1.54) is 28.8 Å². The summed E-state index contributed by atoms with van der Waals surface area (Å²) in [4.78, 5) is 28.3. The number of fused-ring (bicyclic) bond motifs is 1. The Balaban J connectivity index is 1.96. The van der Waals surface area contributed by atoms with Crippen LogP contribution in [0.3, 0.4) is 0 Å². The highest BCUT2D eigenvalue weighted by atomic mass is 32.2. The lowest BCUT2D eigenvalue weighted by Crippen LogP contribution is -2.42. The van der Waals surface area contributed by atoms with Crippen LogP contribution in [0.15, 0.2) is 42.5 Å². The van der Waals surface area contributed by atoms with E-state index in [4.69, 9.17) is 14.6 Å². The van der Waals surface area contributed by atoms with Crippen LogP contribution in [0.2, 0.25) is 0 Å². The van der Waals surface area contributed by atoms with Crippen molar-refractivity contribution in [1.82, 2.24) is 15.1 Å². The fourth-order valence-electron chi connectivity index (χ4n) is 4.72. The molecule has 0 saturated heterocycles. The van der Waals surface area contributed by atoms with Gasteiger partial charge in [0.15, 0.2) is 11.5 Å². The number of unbranched alkanes of at least 4 members (excludes halogenated alkanes) is 1. The molecule has 8 nitrogen and oxygen atoms in total. The number of carbonyl (C=O) groups is 2. The first kappa shape index (κ1) is 29.5. The van der Waals surface area contributed by atoms with Crippen LogP contribution in [-0.4, -0.2) is 54.7 Å². The van der Waals surface area contributed by atoms with Gasteiger partial charge in [-0.1, -0.05) is 40.2 Å². The predicted molar refractivity (Wildman–Crippen MR) is 156 cm³/mol. The number of amides is 2. The van der Waals surface area contributed by atoms with Crippen LogP contribution in [0, 0.1) is 5.82 Å². The van der Waals surface area contributed by atoms with E-state index >= 15 is 0 Å². The smallest absolute Gasteiger partial charge is 0.240 e. The second-order valence-corrected chi connectivity index (χ2v) is 11.8. The molecule has 0 radical (unpaired) electrons. The molecule has 10 heteroatoms. The van der Waals surface area contributed by atoms with Gasteiger partial charge in [0.1, 0.15) is 18.2 Å². The number of methoxy groups -OCH3 is 2. The Morgan fingerprint density at radius 3 is 2.45 bits per heavy atom. The summed E-state index contributed by atoms with van der Waals surface area (Å²) >= 11 is 1.48. The molecule has 2 aromatic carbocycles. The Bertz CT molecular complexity index is 1370. The highest BCUT2D eigenvalue weighted by Crippen LogP contribution is 2.49. The molecular formula is C30H37FN4O4S. The number of halogens is 1. The molecule has 0 aliphatic carbocycles. The van der Waals surface area contributed by atoms with E-state index in [1.807, 2.05) is 18.2 Å². The highest BCUT2D eigenvalue weighted by molar-refractivity contribution is 8.00. The van der Waals surface area contributed by atoms with E-state index in [0.29, 0.717) is 29.5 Å². The quantitative estimate of drug-likeness (QED) is 0.348. The Morgan fingerprint density at radius 2 is 1.82 bits per heavy atom. The summed E-state index contributed by atoms with van der Waals surface area (Å²) in [5, 5.41) is 7.66. The van der Waals surface area contributed by atoms with Gasteiger partial charge in [0.2, 0.25) is 11.8 Å². The van der Waals surface area contributed by atoms with Crippen molar-refractivity contribution in [3.05, 3.63) is 65.1 Å². The van der Waals surface area contributed by atoms with Crippen molar-refractivity contribution in [2.45, 2.75) is 51.2 Å². The van der Waals surface area contributed by atoms with Gasteiger partial charge in [0.05, 0.1) is 36.6 Å². The molecular weight excluding hydrogens is 531 g/mol. The van der Waals surface area contributed by atoms with E-state index in [2.05, 4.69) is 33.0 Å². The molecule has 0 bridgehead atoms. The minimum atomic E-state index is -0.410. The van der Waals surface area contributed by atoms with Crippen LogP contribution in [0.4, 0.5) is 10.2 Å². The molecule has 40 heavy (non-hydrogen) atoms. The van der Waals surface area contributed by atoms with Gasteiger partial charge in [-0.25, -0.2) is 9.07 Å². The second-order valence-electron chi connectivity index (χ2n) is 10.7. The molecule has 2 heterocycles. The lowest BCUT2D eigenvalue weighted by Gasteiger charge is -2.25. The third-order valence-corrected chi connectivity index (χ3v) is 7.99. The molecule has 0 fully saturated rings. The first-order chi connectivity index (χ1) is 19.1. The lowest BCUT2D eigenvalue weighted by atomic mass is 9.87. The van der Waals surface area contributed by atoms with Crippen molar-refractivity contribution in [1.29, 1.82) is 0 Å². The lowest BCUT2D eigenvalue weighted by molar-refractivity contribution is -0.122. The monoisotopic (exact) mass is 568 g/mol. The highest BCUT2D eigenvalue weighted by Gasteiger charge is 2.40. The zero-order valence-corrected chi connectivity index (χ0v) is 24.7. The number of aromatic nitrogens is 2. The molecule has 4 rings (SSSR count). The predicted octanol–water partition coefficient (Wildman–Crippen LogP) is 5.41. The minimum Gasteiger partial charge on any atom is -0.493 e. The van der Waals surface area contributed by atoms with Gasteiger partial charge >= 0.3 is 0 Å². The number of benzene rings is 2. The Hall–Kier alpha value is -3.53. The molecule has 1 aliphatic heterocycles. The van der Waals surface area contributed by atoms with Gasteiger partial charge < -0.3 is 14.8 Å². The van der Waals surface area contributed by atoms with Crippen LogP contribution in [0.25, 0.3) is 5.69 Å². The fourth-order valence-corrected chi connectivity index (χ4v) is 5.91. The third kappa shape index (κ3) is 6.11. The van der Waals surface area contributed by atoms with E-state index in [-0.39, 0.29) is 35.2 Å². The third-order valence-electron chi connectivity index (χ3n) is 6.74. The average Bonchev–Trinajstić information content (AvgIpc) is 3.26. The van der Waals surface area contributed by atoms with Gasteiger partial charge in [-0.3, -0.25) is 14.5 Å².